The molecule has 0 heterocycles. The van der Waals surface area contributed by atoms with Crippen molar-refractivity contribution in [3.8, 4) is 5.75 Å². The number of hydrogen-bond acceptors (Lipinski definition) is 4. The van der Waals surface area contributed by atoms with Gasteiger partial charge in [0.25, 0.3) is 0 Å². The van der Waals surface area contributed by atoms with Crippen LogP contribution in [-0.2, 0) is 14.6 Å². The van der Waals surface area contributed by atoms with Gasteiger partial charge in [0.05, 0.1) is 22.9 Å². The van der Waals surface area contributed by atoms with E-state index in [9.17, 15) is 13.2 Å². The first-order chi connectivity index (χ1) is 11.0. The minimum absolute atomic E-state index is 0.113. The number of sulfone groups is 1. The molecule has 0 atom stereocenters. The van der Waals surface area contributed by atoms with Crippen molar-refractivity contribution in [2.75, 3.05) is 17.7 Å². The highest BCUT2D eigenvalue weighted by Crippen LogP contribution is 2.23. The topological polar surface area (TPSA) is 72.5 Å². The van der Waals surface area contributed by atoms with Gasteiger partial charge in [0.2, 0.25) is 5.91 Å². The SMILES string of the molecule is CCOc1ccccc1NC(=O)CCS(=O)(=O)c1ccccc1. The van der Waals surface area contributed by atoms with E-state index >= 15 is 0 Å². The third-order valence-corrected chi connectivity index (χ3v) is 4.89. The summed E-state index contributed by atoms with van der Waals surface area (Å²) in [4.78, 5) is 12.2. The molecule has 0 aliphatic carbocycles. The average molecular weight is 333 g/mol. The van der Waals surface area contributed by atoms with Gasteiger partial charge in [0.15, 0.2) is 9.84 Å². The Morgan fingerprint density at radius 1 is 1.04 bits per heavy atom. The fraction of sp³-hybridized carbons (Fsp3) is 0.235. The van der Waals surface area contributed by atoms with Crippen LogP contribution in [-0.4, -0.2) is 26.7 Å². The third kappa shape index (κ3) is 4.82. The Hall–Kier alpha value is -2.34. The summed E-state index contributed by atoms with van der Waals surface area (Å²) in [5.41, 5.74) is 0.538. The smallest absolute Gasteiger partial charge is 0.225 e. The highest BCUT2D eigenvalue weighted by Gasteiger charge is 2.16. The first-order valence-electron chi connectivity index (χ1n) is 7.32. The van der Waals surface area contributed by atoms with E-state index in [-0.39, 0.29) is 23.0 Å². The molecule has 1 amide bonds. The largest absolute Gasteiger partial charge is 0.492 e. The van der Waals surface area contributed by atoms with Gasteiger partial charge < -0.3 is 10.1 Å². The summed E-state index contributed by atoms with van der Waals surface area (Å²) in [5.74, 6) is -0.0365. The van der Waals surface area contributed by atoms with Crippen LogP contribution < -0.4 is 10.1 Å². The zero-order valence-electron chi connectivity index (χ0n) is 12.9. The zero-order chi connectivity index (χ0) is 16.7. The number of para-hydroxylation sites is 2. The van der Waals surface area contributed by atoms with Crippen molar-refractivity contribution in [3.63, 3.8) is 0 Å². The highest BCUT2D eigenvalue weighted by atomic mass is 32.2. The van der Waals surface area contributed by atoms with Crippen molar-refractivity contribution in [1.82, 2.24) is 0 Å². The van der Waals surface area contributed by atoms with E-state index in [1.54, 1.807) is 42.5 Å². The lowest BCUT2D eigenvalue weighted by atomic mass is 10.3. The molecule has 0 aliphatic heterocycles. The maximum absolute atomic E-state index is 12.2. The average Bonchev–Trinajstić information content (AvgIpc) is 2.56. The summed E-state index contributed by atoms with van der Waals surface area (Å²) in [6.07, 6.45) is -0.113. The van der Waals surface area contributed by atoms with Gasteiger partial charge in [-0.3, -0.25) is 4.79 Å². The van der Waals surface area contributed by atoms with Gasteiger partial charge >= 0.3 is 0 Å². The van der Waals surface area contributed by atoms with Gasteiger partial charge in [-0.25, -0.2) is 8.42 Å². The third-order valence-electron chi connectivity index (χ3n) is 3.16. The molecule has 0 bridgehead atoms. The number of carbonyl (C=O) groups is 1. The van der Waals surface area contributed by atoms with Crippen molar-refractivity contribution < 1.29 is 17.9 Å². The van der Waals surface area contributed by atoms with Crippen LogP contribution in [0.15, 0.2) is 59.5 Å². The van der Waals surface area contributed by atoms with E-state index < -0.39 is 9.84 Å². The molecule has 23 heavy (non-hydrogen) atoms. The minimum Gasteiger partial charge on any atom is -0.492 e. The van der Waals surface area contributed by atoms with Crippen molar-refractivity contribution >= 4 is 21.4 Å². The Labute approximate surface area is 136 Å². The molecular weight excluding hydrogens is 314 g/mol. The van der Waals surface area contributed by atoms with E-state index in [1.165, 1.54) is 12.1 Å². The van der Waals surface area contributed by atoms with Crippen LogP contribution in [0.4, 0.5) is 5.69 Å². The van der Waals surface area contributed by atoms with Gasteiger partial charge in [-0.1, -0.05) is 30.3 Å². The fourth-order valence-corrected chi connectivity index (χ4v) is 3.30. The van der Waals surface area contributed by atoms with Crippen LogP contribution in [0.5, 0.6) is 5.75 Å². The molecule has 2 aromatic rings. The number of rotatable bonds is 7. The minimum atomic E-state index is -3.46. The Balaban J connectivity index is 1.98. The van der Waals surface area contributed by atoms with Gasteiger partial charge in [-0.15, -0.1) is 0 Å². The van der Waals surface area contributed by atoms with Gasteiger partial charge in [0, 0.05) is 6.42 Å². The Morgan fingerprint density at radius 2 is 1.70 bits per heavy atom. The van der Waals surface area contributed by atoms with Crippen LogP contribution in [0.1, 0.15) is 13.3 Å². The molecule has 6 heteroatoms. The number of carbonyl (C=O) groups excluding carboxylic acids is 1. The van der Waals surface area contributed by atoms with Gasteiger partial charge in [0.1, 0.15) is 5.75 Å². The van der Waals surface area contributed by atoms with E-state index in [0.29, 0.717) is 18.0 Å². The normalized spacial score (nSPS) is 11.0. The van der Waals surface area contributed by atoms with E-state index in [2.05, 4.69) is 5.32 Å². The molecule has 1 N–H and O–H groups in total. The molecule has 0 unspecified atom stereocenters. The van der Waals surface area contributed by atoms with Crippen molar-refractivity contribution in [2.45, 2.75) is 18.2 Å². The maximum Gasteiger partial charge on any atom is 0.225 e. The first-order valence-corrected chi connectivity index (χ1v) is 8.97. The summed E-state index contributed by atoms with van der Waals surface area (Å²) in [5, 5.41) is 2.69. The number of anilines is 1. The molecule has 0 saturated heterocycles. The van der Waals surface area contributed by atoms with Crippen LogP contribution in [0.3, 0.4) is 0 Å². The lowest BCUT2D eigenvalue weighted by molar-refractivity contribution is -0.115. The van der Waals surface area contributed by atoms with Crippen LogP contribution >= 0.6 is 0 Å². The number of nitrogens with one attached hydrogen (secondary N) is 1. The Kier molecular flexibility index (Phi) is 5.76. The highest BCUT2D eigenvalue weighted by molar-refractivity contribution is 7.91. The summed E-state index contributed by atoms with van der Waals surface area (Å²) in [7, 11) is -3.46. The first kappa shape index (κ1) is 17.0. The van der Waals surface area contributed by atoms with Crippen molar-refractivity contribution in [3.05, 3.63) is 54.6 Å². The zero-order valence-corrected chi connectivity index (χ0v) is 13.7. The lowest BCUT2D eigenvalue weighted by Crippen LogP contribution is -2.18. The van der Waals surface area contributed by atoms with Gasteiger partial charge in [-0.2, -0.15) is 0 Å². The molecule has 2 aromatic carbocycles. The van der Waals surface area contributed by atoms with E-state index in [0.717, 1.165) is 0 Å². The van der Waals surface area contributed by atoms with Crippen LogP contribution in [0.2, 0.25) is 0 Å². The summed E-state index contributed by atoms with van der Waals surface area (Å²) >= 11 is 0. The molecule has 2 rings (SSSR count). The Morgan fingerprint density at radius 3 is 2.39 bits per heavy atom. The monoisotopic (exact) mass is 333 g/mol. The number of amides is 1. The molecule has 0 spiro atoms. The number of ether oxygens (including phenoxy) is 1. The second-order valence-corrected chi connectivity index (χ2v) is 6.97. The lowest BCUT2D eigenvalue weighted by Gasteiger charge is -2.11. The Bertz CT molecular complexity index is 757. The second kappa shape index (κ2) is 7.78. The van der Waals surface area contributed by atoms with E-state index in [4.69, 9.17) is 4.74 Å². The van der Waals surface area contributed by atoms with E-state index in [1.807, 2.05) is 6.92 Å². The second-order valence-electron chi connectivity index (χ2n) is 4.86. The molecule has 0 fully saturated rings. The van der Waals surface area contributed by atoms with Gasteiger partial charge in [-0.05, 0) is 31.2 Å². The standard InChI is InChI=1S/C17H19NO4S/c1-2-22-16-11-7-6-10-15(16)18-17(19)12-13-23(20,21)14-8-4-3-5-9-14/h3-11H,2,12-13H2,1H3,(H,18,19). The molecule has 0 aliphatic rings. The number of hydrogen-bond donors (Lipinski definition) is 1. The predicted octanol–water partition coefficient (Wildman–Crippen LogP) is 2.89. The molecule has 0 saturated carbocycles. The molecule has 0 aromatic heterocycles. The molecular formula is C17H19NO4S. The predicted molar refractivity (Wildman–Crippen MR) is 89.4 cm³/mol. The molecule has 5 nitrogen and oxygen atoms in total. The fourth-order valence-electron chi connectivity index (χ4n) is 2.04. The quantitative estimate of drug-likeness (QED) is 0.845. The molecule has 0 radical (unpaired) electrons. The maximum atomic E-state index is 12.2. The van der Waals surface area contributed by atoms with Crippen LogP contribution in [0.25, 0.3) is 0 Å². The van der Waals surface area contributed by atoms with Crippen molar-refractivity contribution in [2.24, 2.45) is 0 Å². The van der Waals surface area contributed by atoms with Crippen molar-refractivity contribution in [1.29, 1.82) is 0 Å². The summed E-state index contributed by atoms with van der Waals surface area (Å²) in [6.45, 7) is 2.33. The summed E-state index contributed by atoms with van der Waals surface area (Å²) in [6, 6.07) is 15.2. The molecule has 122 valence electrons. The summed E-state index contributed by atoms with van der Waals surface area (Å²) < 4.78 is 29.7. The number of benzene rings is 2. The van der Waals surface area contributed by atoms with Crippen LogP contribution in [0, 0.1) is 0 Å².